The Morgan fingerprint density at radius 3 is 2.50 bits per heavy atom. The second kappa shape index (κ2) is 5.75. The first-order valence-electron chi connectivity index (χ1n) is 4.68. The fraction of sp³-hybridized carbons (Fsp3) is 0.455. The number of hydrogen-bond acceptors (Lipinski definition) is 3. The van der Waals surface area contributed by atoms with Gasteiger partial charge in [-0.15, -0.1) is 0 Å². The van der Waals surface area contributed by atoms with Crippen LogP contribution in [0.15, 0.2) is 30.3 Å². The molecular weight excluding hydrogens is 180 g/mol. The van der Waals surface area contributed by atoms with Crippen molar-refractivity contribution in [2.45, 2.75) is 25.7 Å². The number of ether oxygens (including phenoxy) is 1. The SMILES string of the molecule is CC(OCc1ccccc1)C(O)CO. The standard InChI is InChI=1S/C11H16O3/c1-9(11(13)7-12)14-8-10-5-3-2-4-6-10/h2-6,9,11-13H,7-8H2,1H3. The predicted molar refractivity (Wildman–Crippen MR) is 53.8 cm³/mol. The van der Waals surface area contributed by atoms with Crippen LogP contribution in [0.4, 0.5) is 0 Å². The Kier molecular flexibility index (Phi) is 4.59. The average molecular weight is 196 g/mol. The first kappa shape index (κ1) is 11.2. The van der Waals surface area contributed by atoms with Gasteiger partial charge in [0.15, 0.2) is 0 Å². The van der Waals surface area contributed by atoms with E-state index in [0.717, 1.165) is 5.56 Å². The van der Waals surface area contributed by atoms with Crippen LogP contribution in [0.5, 0.6) is 0 Å². The molecule has 0 aliphatic heterocycles. The van der Waals surface area contributed by atoms with E-state index < -0.39 is 6.10 Å². The maximum Gasteiger partial charge on any atom is 0.103 e. The Hall–Kier alpha value is -0.900. The molecule has 1 aromatic carbocycles. The minimum atomic E-state index is -0.807. The van der Waals surface area contributed by atoms with Crippen LogP contribution in [-0.4, -0.2) is 29.0 Å². The number of aliphatic hydroxyl groups is 2. The smallest absolute Gasteiger partial charge is 0.103 e. The van der Waals surface area contributed by atoms with Crippen molar-refractivity contribution in [2.24, 2.45) is 0 Å². The van der Waals surface area contributed by atoms with Crippen LogP contribution in [-0.2, 0) is 11.3 Å². The Morgan fingerprint density at radius 1 is 1.29 bits per heavy atom. The number of benzene rings is 1. The third-order valence-corrected chi connectivity index (χ3v) is 2.08. The maximum absolute atomic E-state index is 9.23. The third kappa shape index (κ3) is 3.46. The summed E-state index contributed by atoms with van der Waals surface area (Å²) in [5.74, 6) is 0. The Labute approximate surface area is 84.0 Å². The third-order valence-electron chi connectivity index (χ3n) is 2.08. The molecule has 0 radical (unpaired) electrons. The molecule has 0 aromatic heterocycles. The lowest BCUT2D eigenvalue weighted by molar-refractivity contribution is -0.0551. The lowest BCUT2D eigenvalue weighted by Gasteiger charge is -2.17. The van der Waals surface area contributed by atoms with E-state index in [-0.39, 0.29) is 12.7 Å². The first-order chi connectivity index (χ1) is 6.74. The molecule has 14 heavy (non-hydrogen) atoms. The number of rotatable bonds is 5. The zero-order valence-corrected chi connectivity index (χ0v) is 8.26. The average Bonchev–Trinajstić information content (AvgIpc) is 2.26. The summed E-state index contributed by atoms with van der Waals surface area (Å²) in [7, 11) is 0. The summed E-state index contributed by atoms with van der Waals surface area (Å²) in [4.78, 5) is 0. The van der Waals surface area contributed by atoms with Gasteiger partial charge < -0.3 is 14.9 Å². The summed E-state index contributed by atoms with van der Waals surface area (Å²) < 4.78 is 5.37. The monoisotopic (exact) mass is 196 g/mol. The topological polar surface area (TPSA) is 49.7 Å². The van der Waals surface area contributed by atoms with Gasteiger partial charge in [0.1, 0.15) is 6.10 Å². The van der Waals surface area contributed by atoms with Crippen molar-refractivity contribution in [3.8, 4) is 0 Å². The first-order valence-corrected chi connectivity index (χ1v) is 4.68. The van der Waals surface area contributed by atoms with Crippen molar-refractivity contribution in [2.75, 3.05) is 6.61 Å². The summed E-state index contributed by atoms with van der Waals surface area (Å²) in [6.45, 7) is 1.93. The highest BCUT2D eigenvalue weighted by Crippen LogP contribution is 2.05. The van der Waals surface area contributed by atoms with Crippen LogP contribution in [0.25, 0.3) is 0 Å². The highest BCUT2D eigenvalue weighted by molar-refractivity contribution is 5.13. The van der Waals surface area contributed by atoms with E-state index in [1.54, 1.807) is 6.92 Å². The minimum absolute atomic E-state index is 0.268. The fourth-order valence-electron chi connectivity index (χ4n) is 1.06. The molecule has 0 spiro atoms. The molecule has 0 amide bonds. The van der Waals surface area contributed by atoms with Gasteiger partial charge in [0, 0.05) is 0 Å². The van der Waals surface area contributed by atoms with Crippen molar-refractivity contribution < 1.29 is 14.9 Å². The summed E-state index contributed by atoms with van der Waals surface area (Å²) >= 11 is 0. The molecule has 0 bridgehead atoms. The van der Waals surface area contributed by atoms with Crippen LogP contribution in [0.3, 0.4) is 0 Å². The molecule has 0 saturated heterocycles. The van der Waals surface area contributed by atoms with E-state index >= 15 is 0 Å². The van der Waals surface area contributed by atoms with E-state index in [1.807, 2.05) is 30.3 Å². The molecule has 3 nitrogen and oxygen atoms in total. The summed E-state index contributed by atoms with van der Waals surface area (Å²) in [5.41, 5.74) is 1.06. The summed E-state index contributed by atoms with van der Waals surface area (Å²) in [6.07, 6.45) is -1.15. The van der Waals surface area contributed by atoms with Gasteiger partial charge in [-0.25, -0.2) is 0 Å². The predicted octanol–water partition coefficient (Wildman–Crippen LogP) is 0.945. The van der Waals surface area contributed by atoms with Crippen LogP contribution in [0.2, 0.25) is 0 Å². The van der Waals surface area contributed by atoms with E-state index in [2.05, 4.69) is 0 Å². The molecule has 2 unspecified atom stereocenters. The molecule has 2 atom stereocenters. The normalized spacial score (nSPS) is 15.1. The van der Waals surface area contributed by atoms with Crippen molar-refractivity contribution in [1.29, 1.82) is 0 Å². The maximum atomic E-state index is 9.23. The molecule has 78 valence electrons. The number of aliphatic hydroxyl groups excluding tert-OH is 2. The fourth-order valence-corrected chi connectivity index (χ4v) is 1.06. The Morgan fingerprint density at radius 2 is 1.93 bits per heavy atom. The van der Waals surface area contributed by atoms with Gasteiger partial charge >= 0.3 is 0 Å². The molecule has 0 heterocycles. The van der Waals surface area contributed by atoms with Crippen molar-refractivity contribution >= 4 is 0 Å². The Balaban J connectivity index is 2.34. The molecule has 0 aliphatic rings. The van der Waals surface area contributed by atoms with E-state index in [4.69, 9.17) is 9.84 Å². The van der Waals surface area contributed by atoms with Crippen LogP contribution >= 0.6 is 0 Å². The molecule has 2 N–H and O–H groups in total. The van der Waals surface area contributed by atoms with Gasteiger partial charge in [-0.2, -0.15) is 0 Å². The van der Waals surface area contributed by atoms with Crippen molar-refractivity contribution in [1.82, 2.24) is 0 Å². The number of hydrogen-bond donors (Lipinski definition) is 2. The molecule has 1 rings (SSSR count). The van der Waals surface area contributed by atoms with Gasteiger partial charge in [0.25, 0.3) is 0 Å². The lowest BCUT2D eigenvalue weighted by Crippen LogP contribution is -2.29. The zero-order chi connectivity index (χ0) is 10.4. The van der Waals surface area contributed by atoms with E-state index in [0.29, 0.717) is 6.61 Å². The van der Waals surface area contributed by atoms with Crippen LogP contribution in [0, 0.1) is 0 Å². The minimum Gasteiger partial charge on any atom is -0.394 e. The summed E-state index contributed by atoms with van der Waals surface area (Å²) in [5, 5.41) is 17.9. The zero-order valence-electron chi connectivity index (χ0n) is 8.26. The van der Waals surface area contributed by atoms with Gasteiger partial charge in [-0.1, -0.05) is 30.3 Å². The van der Waals surface area contributed by atoms with Crippen molar-refractivity contribution in [3.05, 3.63) is 35.9 Å². The quantitative estimate of drug-likeness (QED) is 0.737. The molecule has 1 aromatic rings. The van der Waals surface area contributed by atoms with Gasteiger partial charge in [0.2, 0.25) is 0 Å². The van der Waals surface area contributed by atoms with Gasteiger partial charge in [-0.3, -0.25) is 0 Å². The highest BCUT2D eigenvalue weighted by atomic mass is 16.5. The summed E-state index contributed by atoms with van der Waals surface area (Å²) in [6, 6.07) is 9.73. The van der Waals surface area contributed by atoms with Crippen molar-refractivity contribution in [3.63, 3.8) is 0 Å². The largest absolute Gasteiger partial charge is 0.394 e. The van der Waals surface area contributed by atoms with Crippen LogP contribution < -0.4 is 0 Å². The molecule has 0 fully saturated rings. The lowest BCUT2D eigenvalue weighted by atomic mass is 10.2. The molecule has 0 saturated carbocycles. The second-order valence-electron chi connectivity index (χ2n) is 3.25. The van der Waals surface area contributed by atoms with Crippen LogP contribution in [0.1, 0.15) is 12.5 Å². The Bertz CT molecular complexity index is 248. The molecule has 3 heteroatoms. The van der Waals surface area contributed by atoms with E-state index in [1.165, 1.54) is 0 Å². The molecular formula is C11H16O3. The van der Waals surface area contributed by atoms with E-state index in [9.17, 15) is 5.11 Å². The van der Waals surface area contributed by atoms with Gasteiger partial charge in [0.05, 0.1) is 19.3 Å². The second-order valence-corrected chi connectivity index (χ2v) is 3.25. The van der Waals surface area contributed by atoms with Gasteiger partial charge in [-0.05, 0) is 12.5 Å². The molecule has 0 aliphatic carbocycles. The highest BCUT2D eigenvalue weighted by Gasteiger charge is 2.12.